The number of hydrogen-bond donors (Lipinski definition) is 2. The Balaban J connectivity index is 1.55. The number of nitrogens with one attached hydrogen (secondary N) is 1. The Hall–Kier alpha value is -1.74. The molecule has 0 spiro atoms. The first-order valence-corrected chi connectivity index (χ1v) is 10.2. The second kappa shape index (κ2) is 8.30. The molecule has 1 atom stereocenters. The van der Waals surface area contributed by atoms with Crippen molar-refractivity contribution >= 4 is 10.0 Å². The van der Waals surface area contributed by atoms with Crippen LogP contribution in [0.2, 0.25) is 0 Å². The predicted octanol–water partition coefficient (Wildman–Crippen LogP) is 2.11. The topological polar surface area (TPSA) is 102 Å². The highest BCUT2D eigenvalue weighted by molar-refractivity contribution is 7.89. The number of ether oxygens (including phenoxy) is 1. The van der Waals surface area contributed by atoms with Gasteiger partial charge in [-0.3, -0.25) is 0 Å². The Morgan fingerprint density at radius 2 is 1.96 bits per heavy atom. The summed E-state index contributed by atoms with van der Waals surface area (Å²) in [5.41, 5.74) is 1.45. The van der Waals surface area contributed by atoms with Crippen LogP contribution in [-0.2, 0) is 14.8 Å². The Labute approximate surface area is 153 Å². The van der Waals surface area contributed by atoms with E-state index in [2.05, 4.69) is 9.71 Å². The Morgan fingerprint density at radius 1 is 1.27 bits per heavy atom. The van der Waals surface area contributed by atoms with Crippen molar-refractivity contribution in [2.75, 3.05) is 19.8 Å². The normalized spacial score (nSPS) is 17.3. The lowest BCUT2D eigenvalue weighted by Gasteiger charge is -2.26. The maximum atomic E-state index is 12.4. The highest BCUT2D eigenvalue weighted by Gasteiger charge is 2.22. The average molecular weight is 380 g/mol. The van der Waals surface area contributed by atoms with E-state index in [-0.39, 0.29) is 17.4 Å². The molecule has 1 aromatic heterocycles. The number of rotatable bonds is 7. The van der Waals surface area contributed by atoms with Crippen LogP contribution in [0.25, 0.3) is 11.3 Å². The van der Waals surface area contributed by atoms with Crippen LogP contribution in [-0.4, -0.2) is 44.4 Å². The number of nitrogens with zero attached hydrogens (tertiary/aromatic N) is 1. The monoisotopic (exact) mass is 380 g/mol. The standard InChI is InChI=1S/C18H24N2O5S/c1-13-20-17(12-25-13)14-2-4-16(5-3-14)26(22,23)19-9-6-18(21)15-7-10-24-11-8-15/h2-5,12,15,18-19,21H,6-11H2,1H3/t18-/m1/s1. The van der Waals surface area contributed by atoms with E-state index in [0.29, 0.717) is 31.2 Å². The molecule has 0 amide bonds. The minimum absolute atomic E-state index is 0.179. The molecule has 26 heavy (non-hydrogen) atoms. The average Bonchev–Trinajstić information content (AvgIpc) is 3.09. The van der Waals surface area contributed by atoms with Gasteiger partial charge in [-0.15, -0.1) is 0 Å². The quantitative estimate of drug-likeness (QED) is 0.763. The van der Waals surface area contributed by atoms with Gasteiger partial charge in [0.1, 0.15) is 12.0 Å². The van der Waals surface area contributed by atoms with Crippen molar-refractivity contribution in [1.82, 2.24) is 9.71 Å². The number of hydrogen-bond acceptors (Lipinski definition) is 6. The highest BCUT2D eigenvalue weighted by atomic mass is 32.2. The number of aliphatic hydroxyl groups excluding tert-OH is 1. The van der Waals surface area contributed by atoms with Crippen molar-refractivity contribution in [2.24, 2.45) is 5.92 Å². The summed E-state index contributed by atoms with van der Waals surface area (Å²) < 4.78 is 37.8. The molecule has 2 heterocycles. The molecule has 7 nitrogen and oxygen atoms in total. The van der Waals surface area contributed by atoms with Crippen LogP contribution >= 0.6 is 0 Å². The first-order chi connectivity index (χ1) is 12.5. The van der Waals surface area contributed by atoms with Gasteiger partial charge in [-0.1, -0.05) is 12.1 Å². The molecule has 0 unspecified atom stereocenters. The molecule has 0 saturated carbocycles. The molecule has 0 bridgehead atoms. The summed E-state index contributed by atoms with van der Waals surface area (Å²) in [7, 11) is -3.61. The van der Waals surface area contributed by atoms with Gasteiger partial charge in [0.2, 0.25) is 10.0 Å². The number of aryl methyl sites for hydroxylation is 1. The summed E-state index contributed by atoms with van der Waals surface area (Å²) in [6, 6.07) is 6.47. The third-order valence-electron chi connectivity index (χ3n) is 4.62. The lowest BCUT2D eigenvalue weighted by atomic mass is 9.92. The number of oxazole rings is 1. The summed E-state index contributed by atoms with van der Waals surface area (Å²) in [5, 5.41) is 10.2. The van der Waals surface area contributed by atoms with Gasteiger partial charge in [-0.25, -0.2) is 18.1 Å². The molecule has 2 aromatic rings. The Morgan fingerprint density at radius 3 is 2.58 bits per heavy atom. The molecule has 1 aliphatic rings. The van der Waals surface area contributed by atoms with Crippen LogP contribution in [0.5, 0.6) is 0 Å². The zero-order valence-electron chi connectivity index (χ0n) is 14.7. The first kappa shape index (κ1) is 19.0. The van der Waals surface area contributed by atoms with Crippen molar-refractivity contribution in [3.63, 3.8) is 0 Å². The van der Waals surface area contributed by atoms with Gasteiger partial charge >= 0.3 is 0 Å². The molecule has 8 heteroatoms. The number of aliphatic hydroxyl groups is 1. The number of benzene rings is 1. The molecule has 3 rings (SSSR count). The fourth-order valence-electron chi connectivity index (χ4n) is 3.06. The van der Waals surface area contributed by atoms with Crippen molar-refractivity contribution in [2.45, 2.75) is 37.2 Å². The summed E-state index contributed by atoms with van der Waals surface area (Å²) in [6.45, 7) is 3.27. The van der Waals surface area contributed by atoms with Crippen LogP contribution in [0.1, 0.15) is 25.2 Å². The van der Waals surface area contributed by atoms with E-state index in [1.165, 1.54) is 18.4 Å². The van der Waals surface area contributed by atoms with Gasteiger partial charge in [-0.2, -0.15) is 0 Å². The van der Waals surface area contributed by atoms with Crippen molar-refractivity contribution in [3.05, 3.63) is 36.4 Å². The zero-order chi connectivity index (χ0) is 18.6. The van der Waals surface area contributed by atoms with Crippen molar-refractivity contribution in [1.29, 1.82) is 0 Å². The number of sulfonamides is 1. The molecule has 1 aromatic carbocycles. The maximum absolute atomic E-state index is 12.4. The van der Waals surface area contributed by atoms with Crippen LogP contribution in [0, 0.1) is 12.8 Å². The minimum atomic E-state index is -3.61. The third kappa shape index (κ3) is 4.70. The van der Waals surface area contributed by atoms with E-state index in [1.807, 2.05) is 0 Å². The fraction of sp³-hybridized carbons (Fsp3) is 0.500. The van der Waals surface area contributed by atoms with E-state index in [9.17, 15) is 13.5 Å². The summed E-state index contributed by atoms with van der Waals surface area (Å²) in [5.74, 6) is 0.736. The van der Waals surface area contributed by atoms with Gasteiger partial charge in [0.15, 0.2) is 5.89 Å². The third-order valence-corrected chi connectivity index (χ3v) is 6.10. The van der Waals surface area contributed by atoms with E-state index >= 15 is 0 Å². The van der Waals surface area contributed by atoms with Crippen LogP contribution in [0.3, 0.4) is 0 Å². The molecule has 0 radical (unpaired) electrons. The van der Waals surface area contributed by atoms with E-state index in [1.54, 1.807) is 19.1 Å². The zero-order valence-corrected chi connectivity index (χ0v) is 15.5. The highest BCUT2D eigenvalue weighted by Crippen LogP contribution is 2.22. The molecule has 1 aliphatic heterocycles. The second-order valence-electron chi connectivity index (χ2n) is 6.48. The van der Waals surface area contributed by atoms with Gasteiger partial charge in [0, 0.05) is 32.2 Å². The van der Waals surface area contributed by atoms with Gasteiger partial charge in [0.05, 0.1) is 11.0 Å². The lowest BCUT2D eigenvalue weighted by molar-refractivity contribution is 0.00567. The smallest absolute Gasteiger partial charge is 0.240 e. The van der Waals surface area contributed by atoms with Crippen molar-refractivity contribution < 1.29 is 22.7 Å². The minimum Gasteiger partial charge on any atom is -0.449 e. The fourth-order valence-corrected chi connectivity index (χ4v) is 4.11. The van der Waals surface area contributed by atoms with Crippen LogP contribution in [0.4, 0.5) is 0 Å². The second-order valence-corrected chi connectivity index (χ2v) is 8.25. The van der Waals surface area contributed by atoms with E-state index in [0.717, 1.165) is 18.4 Å². The Bertz CT molecular complexity index is 810. The molecule has 0 aliphatic carbocycles. The molecule has 1 saturated heterocycles. The maximum Gasteiger partial charge on any atom is 0.240 e. The van der Waals surface area contributed by atoms with Gasteiger partial charge in [-0.05, 0) is 37.3 Å². The SMILES string of the molecule is Cc1nc(-c2ccc(S(=O)(=O)NCC[C@@H](O)C3CCOCC3)cc2)co1. The molecular weight excluding hydrogens is 356 g/mol. The molecular formula is C18H24N2O5S. The molecule has 142 valence electrons. The number of aromatic nitrogens is 1. The Kier molecular flexibility index (Phi) is 6.08. The van der Waals surface area contributed by atoms with Crippen LogP contribution in [0.15, 0.2) is 39.8 Å². The largest absolute Gasteiger partial charge is 0.449 e. The van der Waals surface area contributed by atoms with Gasteiger partial charge < -0.3 is 14.3 Å². The summed E-state index contributed by atoms with van der Waals surface area (Å²) in [6.07, 6.45) is 3.04. The van der Waals surface area contributed by atoms with E-state index < -0.39 is 16.1 Å². The van der Waals surface area contributed by atoms with Gasteiger partial charge in [0.25, 0.3) is 0 Å². The van der Waals surface area contributed by atoms with Crippen molar-refractivity contribution in [3.8, 4) is 11.3 Å². The molecule has 2 N–H and O–H groups in total. The first-order valence-electron chi connectivity index (χ1n) is 8.74. The summed E-state index contributed by atoms with van der Waals surface area (Å²) in [4.78, 5) is 4.40. The van der Waals surface area contributed by atoms with E-state index in [4.69, 9.17) is 9.15 Å². The lowest BCUT2D eigenvalue weighted by Crippen LogP contribution is -2.32. The van der Waals surface area contributed by atoms with Crippen LogP contribution < -0.4 is 4.72 Å². The molecule has 1 fully saturated rings. The predicted molar refractivity (Wildman–Crippen MR) is 96.0 cm³/mol. The summed E-state index contributed by atoms with van der Waals surface area (Å²) >= 11 is 0.